The van der Waals surface area contributed by atoms with E-state index < -0.39 is 0 Å². The molecule has 2 aliphatic rings. The molecule has 28 heavy (non-hydrogen) atoms. The van der Waals surface area contributed by atoms with Gasteiger partial charge in [-0.05, 0) is 63.3 Å². The molecule has 4 N–H and O–H groups in total. The van der Waals surface area contributed by atoms with Crippen LogP contribution < -0.4 is 11.1 Å². The zero-order chi connectivity index (χ0) is 20.0. The summed E-state index contributed by atoms with van der Waals surface area (Å²) in [5, 5.41) is 5.84. The van der Waals surface area contributed by atoms with Crippen molar-refractivity contribution in [1.82, 2.24) is 20.1 Å². The van der Waals surface area contributed by atoms with Crippen LogP contribution in [-0.2, 0) is 6.42 Å². The molecule has 0 unspecified atom stereocenters. The molecule has 2 heterocycles. The van der Waals surface area contributed by atoms with E-state index in [1.807, 2.05) is 24.8 Å². The summed E-state index contributed by atoms with van der Waals surface area (Å²) in [7, 11) is 2.18. The fourth-order valence-corrected chi connectivity index (χ4v) is 5.82. The first kappa shape index (κ1) is 19.5. The van der Waals surface area contributed by atoms with E-state index in [4.69, 9.17) is 5.73 Å². The number of rotatable bonds is 4. The standard InChI is InChI=1S/C21H31N5OS/c1-5-26(6-2)21(27)23-12-9-13-17(25(3)11-12)10-14-19-16(24-20(14)28-4)8-7-15(22)18(13)19/h7-8,12-13,17,24H,5-6,9-11,22H2,1-4H3,(H,23,27)/t12-,13-,17+/m0/s1. The van der Waals surface area contributed by atoms with Gasteiger partial charge in [0.25, 0.3) is 0 Å². The molecular weight excluding hydrogens is 370 g/mol. The van der Waals surface area contributed by atoms with Crippen LogP contribution in [0, 0.1) is 0 Å². The highest BCUT2D eigenvalue weighted by Crippen LogP contribution is 2.47. The van der Waals surface area contributed by atoms with E-state index in [2.05, 4.69) is 34.6 Å². The van der Waals surface area contributed by atoms with Gasteiger partial charge in [0.05, 0.1) is 5.03 Å². The number of benzene rings is 1. The molecule has 1 aliphatic carbocycles. The van der Waals surface area contributed by atoms with Crippen LogP contribution >= 0.6 is 11.8 Å². The molecular formula is C21H31N5OS. The number of aromatic nitrogens is 1. The number of hydrogen-bond acceptors (Lipinski definition) is 4. The van der Waals surface area contributed by atoms with Crippen molar-refractivity contribution in [3.8, 4) is 0 Å². The number of hydrogen-bond donors (Lipinski definition) is 3. The lowest BCUT2D eigenvalue weighted by Crippen LogP contribution is -2.56. The largest absolute Gasteiger partial charge is 0.398 e. The van der Waals surface area contributed by atoms with E-state index in [1.165, 1.54) is 27.1 Å². The van der Waals surface area contributed by atoms with E-state index >= 15 is 0 Å². The summed E-state index contributed by atoms with van der Waals surface area (Å²) in [4.78, 5) is 20.4. The van der Waals surface area contributed by atoms with Crippen molar-refractivity contribution in [1.29, 1.82) is 0 Å². The SMILES string of the molecule is CCN(CC)C(=O)N[C@H]1C[C@@H]2c3c(N)ccc4[nH]c(SC)c(c34)C[C@H]2N(C)C1. The molecule has 0 bridgehead atoms. The van der Waals surface area contributed by atoms with Crippen molar-refractivity contribution in [2.24, 2.45) is 0 Å². The molecule has 2 amide bonds. The lowest BCUT2D eigenvalue weighted by Gasteiger charge is -2.46. The Balaban J connectivity index is 1.69. The maximum atomic E-state index is 12.6. The Labute approximate surface area is 171 Å². The Bertz CT molecular complexity index is 891. The molecule has 0 saturated carbocycles. The van der Waals surface area contributed by atoms with Crippen LogP contribution in [0.3, 0.4) is 0 Å². The third kappa shape index (κ3) is 3.05. The fourth-order valence-electron chi connectivity index (χ4n) is 5.17. The molecule has 1 aromatic heterocycles. The molecule has 0 spiro atoms. The number of nitrogen functional groups attached to an aromatic ring is 1. The normalized spacial score (nSPS) is 24.2. The monoisotopic (exact) mass is 401 g/mol. The van der Waals surface area contributed by atoms with E-state index in [1.54, 1.807) is 11.8 Å². The van der Waals surface area contributed by atoms with E-state index in [9.17, 15) is 4.79 Å². The fraction of sp³-hybridized carbons (Fsp3) is 0.571. The number of anilines is 1. The first-order valence-electron chi connectivity index (χ1n) is 10.2. The molecule has 2 aromatic rings. The van der Waals surface area contributed by atoms with Crippen LogP contribution in [0.5, 0.6) is 0 Å². The van der Waals surface area contributed by atoms with Gasteiger partial charge in [0, 0.05) is 54.2 Å². The van der Waals surface area contributed by atoms with Crippen LogP contribution in [0.4, 0.5) is 10.5 Å². The smallest absolute Gasteiger partial charge is 0.317 e. The number of H-pyrrole nitrogens is 1. The highest BCUT2D eigenvalue weighted by Gasteiger charge is 2.41. The van der Waals surface area contributed by atoms with Crippen LogP contribution in [0.25, 0.3) is 10.9 Å². The zero-order valence-corrected chi connectivity index (χ0v) is 18.0. The van der Waals surface area contributed by atoms with Crippen LogP contribution in [0.1, 0.15) is 37.3 Å². The first-order chi connectivity index (χ1) is 13.5. The number of piperidine rings is 1. The molecule has 7 heteroatoms. The number of thioether (sulfide) groups is 1. The van der Waals surface area contributed by atoms with Crippen molar-refractivity contribution >= 4 is 34.4 Å². The van der Waals surface area contributed by atoms with Gasteiger partial charge in [-0.1, -0.05) is 0 Å². The minimum atomic E-state index is 0.0378. The summed E-state index contributed by atoms with van der Waals surface area (Å²) in [6, 6.07) is 4.72. The maximum absolute atomic E-state index is 12.6. The summed E-state index contributed by atoms with van der Waals surface area (Å²) in [6.07, 6.45) is 4.09. The van der Waals surface area contributed by atoms with Crippen molar-refractivity contribution in [2.75, 3.05) is 38.7 Å². The average molecular weight is 402 g/mol. The number of likely N-dealkylation sites (N-methyl/N-ethyl adjacent to an activating group) is 1. The van der Waals surface area contributed by atoms with Crippen molar-refractivity contribution in [3.63, 3.8) is 0 Å². The molecule has 6 nitrogen and oxygen atoms in total. The van der Waals surface area contributed by atoms with Gasteiger partial charge in [-0.25, -0.2) is 4.79 Å². The Morgan fingerprint density at radius 3 is 2.82 bits per heavy atom. The van der Waals surface area contributed by atoms with E-state index in [0.717, 1.165) is 38.2 Å². The molecule has 1 aromatic carbocycles. The van der Waals surface area contributed by atoms with Crippen molar-refractivity contribution < 1.29 is 4.79 Å². The molecule has 1 aliphatic heterocycles. The lowest BCUT2D eigenvalue weighted by molar-refractivity contribution is 0.124. The summed E-state index contributed by atoms with van der Waals surface area (Å²) in [6.45, 7) is 6.37. The number of fused-ring (bicyclic) bond motifs is 2. The van der Waals surface area contributed by atoms with Gasteiger partial charge < -0.3 is 25.8 Å². The molecule has 3 atom stereocenters. The second kappa shape index (κ2) is 7.52. The summed E-state index contributed by atoms with van der Waals surface area (Å²) in [5.41, 5.74) is 11.2. The average Bonchev–Trinajstić information content (AvgIpc) is 3.03. The van der Waals surface area contributed by atoms with Gasteiger partial charge in [0.1, 0.15) is 0 Å². The van der Waals surface area contributed by atoms with E-state index in [0.29, 0.717) is 12.0 Å². The second-order valence-electron chi connectivity index (χ2n) is 8.00. The van der Waals surface area contributed by atoms with Crippen LogP contribution in [0.15, 0.2) is 17.2 Å². The number of urea groups is 1. The molecule has 152 valence electrons. The van der Waals surface area contributed by atoms with Gasteiger partial charge in [-0.2, -0.15) is 0 Å². The number of amides is 2. The Kier molecular flexibility index (Phi) is 5.22. The number of carbonyl (C=O) groups is 1. The number of nitrogens with zero attached hydrogens (tertiary/aromatic N) is 2. The number of likely N-dealkylation sites (tertiary alicyclic amines) is 1. The van der Waals surface area contributed by atoms with Gasteiger partial charge in [0.2, 0.25) is 0 Å². The van der Waals surface area contributed by atoms with Crippen LogP contribution in [0.2, 0.25) is 0 Å². The molecule has 4 rings (SSSR count). The number of nitrogens with one attached hydrogen (secondary N) is 2. The Hall–Kier alpha value is -1.86. The lowest BCUT2D eigenvalue weighted by atomic mass is 9.73. The maximum Gasteiger partial charge on any atom is 0.317 e. The number of nitrogens with two attached hydrogens (primary N) is 1. The van der Waals surface area contributed by atoms with Gasteiger partial charge >= 0.3 is 6.03 Å². The minimum absolute atomic E-state index is 0.0378. The molecule has 1 fully saturated rings. The third-order valence-electron chi connectivity index (χ3n) is 6.55. The molecule has 1 saturated heterocycles. The Morgan fingerprint density at radius 2 is 2.14 bits per heavy atom. The second-order valence-corrected chi connectivity index (χ2v) is 8.82. The summed E-state index contributed by atoms with van der Waals surface area (Å²) in [5.74, 6) is 0.336. The minimum Gasteiger partial charge on any atom is -0.398 e. The highest BCUT2D eigenvalue weighted by molar-refractivity contribution is 7.98. The molecule has 0 radical (unpaired) electrons. The van der Waals surface area contributed by atoms with Crippen molar-refractivity contribution in [3.05, 3.63) is 23.3 Å². The van der Waals surface area contributed by atoms with Gasteiger partial charge in [0.15, 0.2) is 0 Å². The summed E-state index contributed by atoms with van der Waals surface area (Å²) >= 11 is 1.77. The van der Waals surface area contributed by atoms with Gasteiger partial charge in [-0.3, -0.25) is 0 Å². The van der Waals surface area contributed by atoms with Crippen LogP contribution in [-0.4, -0.2) is 65.8 Å². The third-order valence-corrected chi connectivity index (χ3v) is 7.30. The van der Waals surface area contributed by atoms with Crippen molar-refractivity contribution in [2.45, 2.75) is 49.7 Å². The highest BCUT2D eigenvalue weighted by atomic mass is 32.2. The number of aromatic amines is 1. The quantitative estimate of drug-likeness (QED) is 0.543. The number of carbonyl (C=O) groups excluding carboxylic acids is 1. The topological polar surface area (TPSA) is 77.4 Å². The summed E-state index contributed by atoms with van der Waals surface area (Å²) < 4.78 is 0. The first-order valence-corrected chi connectivity index (χ1v) is 11.4. The predicted molar refractivity (Wildman–Crippen MR) is 117 cm³/mol. The van der Waals surface area contributed by atoms with Gasteiger partial charge in [-0.15, -0.1) is 11.8 Å². The van der Waals surface area contributed by atoms with E-state index in [-0.39, 0.29) is 12.1 Å². The zero-order valence-electron chi connectivity index (χ0n) is 17.2. The Morgan fingerprint density at radius 1 is 1.39 bits per heavy atom. The predicted octanol–water partition coefficient (Wildman–Crippen LogP) is 3.24.